The number of hydrogen-bond donors (Lipinski definition) is 1. The summed E-state index contributed by atoms with van der Waals surface area (Å²) < 4.78 is 21.6. The lowest BCUT2D eigenvalue weighted by atomic mass is 10.1. The summed E-state index contributed by atoms with van der Waals surface area (Å²) in [5, 5.41) is 12.2. The van der Waals surface area contributed by atoms with E-state index in [1.54, 1.807) is 18.2 Å². The van der Waals surface area contributed by atoms with Crippen molar-refractivity contribution < 1.29 is 9.13 Å². The fourth-order valence-corrected chi connectivity index (χ4v) is 3.43. The number of aromatic nitrogens is 3. The molecule has 116 valence electrons. The van der Waals surface area contributed by atoms with Gasteiger partial charge in [0.15, 0.2) is 23.5 Å². The van der Waals surface area contributed by atoms with Crippen LogP contribution in [0.1, 0.15) is 37.5 Å². The van der Waals surface area contributed by atoms with Gasteiger partial charge in [0.05, 0.1) is 0 Å². The van der Waals surface area contributed by atoms with Crippen LogP contribution in [0.3, 0.4) is 0 Å². The molecular formula is C16H19FN4O. The van der Waals surface area contributed by atoms with E-state index in [1.807, 2.05) is 6.92 Å². The zero-order chi connectivity index (χ0) is 15.1. The standard InChI is InChI=1S/C16H19FN4O/c1-10(22-14-5-3-2-4-13(14)17)16-20-19-15-8-11-6-7-12(18-11)9-21(15)16/h2-5,10-12,18H,6-9H2,1H3. The molecule has 3 atom stereocenters. The molecule has 6 heteroatoms. The van der Waals surface area contributed by atoms with E-state index >= 15 is 0 Å². The maximum absolute atomic E-state index is 13.7. The fraction of sp³-hybridized carbons (Fsp3) is 0.500. The second-order valence-electron chi connectivity index (χ2n) is 6.12. The number of fused-ring (bicyclic) bond motifs is 3. The van der Waals surface area contributed by atoms with Crippen LogP contribution in [0.4, 0.5) is 4.39 Å². The molecular weight excluding hydrogens is 283 g/mol. The third kappa shape index (κ3) is 2.37. The molecule has 1 fully saturated rings. The molecule has 0 radical (unpaired) electrons. The highest BCUT2D eigenvalue weighted by Crippen LogP contribution is 2.27. The van der Waals surface area contributed by atoms with E-state index in [-0.39, 0.29) is 17.7 Å². The summed E-state index contributed by atoms with van der Waals surface area (Å²) in [6.07, 6.45) is 2.95. The maximum atomic E-state index is 13.7. The average molecular weight is 302 g/mol. The van der Waals surface area contributed by atoms with Crippen LogP contribution in [0.2, 0.25) is 0 Å². The Morgan fingerprint density at radius 3 is 2.95 bits per heavy atom. The minimum atomic E-state index is -0.356. The molecule has 0 aliphatic carbocycles. The molecule has 1 N–H and O–H groups in total. The number of benzene rings is 1. The number of hydrogen-bond acceptors (Lipinski definition) is 4. The highest BCUT2D eigenvalue weighted by Gasteiger charge is 2.32. The normalized spacial score (nSPS) is 24.6. The van der Waals surface area contributed by atoms with E-state index < -0.39 is 0 Å². The highest BCUT2D eigenvalue weighted by atomic mass is 19.1. The van der Waals surface area contributed by atoms with Crippen molar-refractivity contribution in [3.05, 3.63) is 41.7 Å². The van der Waals surface area contributed by atoms with E-state index in [1.165, 1.54) is 18.9 Å². The first-order valence-corrected chi connectivity index (χ1v) is 7.80. The average Bonchev–Trinajstić information content (AvgIpc) is 3.05. The second-order valence-corrected chi connectivity index (χ2v) is 6.12. The van der Waals surface area contributed by atoms with Gasteiger partial charge in [-0.25, -0.2) is 4.39 Å². The van der Waals surface area contributed by atoms with Crippen LogP contribution >= 0.6 is 0 Å². The predicted molar refractivity (Wildman–Crippen MR) is 79.1 cm³/mol. The summed E-state index contributed by atoms with van der Waals surface area (Å²) in [4.78, 5) is 0. The first-order chi connectivity index (χ1) is 10.7. The Kier molecular flexibility index (Phi) is 3.33. The van der Waals surface area contributed by atoms with E-state index in [0.29, 0.717) is 12.1 Å². The number of para-hydroxylation sites is 1. The highest BCUT2D eigenvalue weighted by molar-refractivity contribution is 5.24. The summed E-state index contributed by atoms with van der Waals surface area (Å²) in [6, 6.07) is 7.42. The van der Waals surface area contributed by atoms with Crippen LogP contribution in [-0.2, 0) is 13.0 Å². The third-order valence-electron chi connectivity index (χ3n) is 4.53. The van der Waals surface area contributed by atoms with E-state index in [9.17, 15) is 4.39 Å². The van der Waals surface area contributed by atoms with Crippen LogP contribution in [0.15, 0.2) is 24.3 Å². The quantitative estimate of drug-likeness (QED) is 0.944. The number of rotatable bonds is 3. The topological polar surface area (TPSA) is 52.0 Å². The van der Waals surface area contributed by atoms with Gasteiger partial charge >= 0.3 is 0 Å². The van der Waals surface area contributed by atoms with Gasteiger partial charge < -0.3 is 14.6 Å². The Labute approximate surface area is 128 Å². The first-order valence-electron chi connectivity index (χ1n) is 7.80. The maximum Gasteiger partial charge on any atom is 0.174 e. The number of halogens is 1. The van der Waals surface area contributed by atoms with Gasteiger partial charge in [-0.1, -0.05) is 12.1 Å². The molecule has 2 aliphatic heterocycles. The Hall–Kier alpha value is -1.95. The van der Waals surface area contributed by atoms with Gasteiger partial charge in [0.1, 0.15) is 5.82 Å². The van der Waals surface area contributed by atoms with Gasteiger partial charge in [-0.15, -0.1) is 10.2 Å². The minimum absolute atomic E-state index is 0.251. The van der Waals surface area contributed by atoms with Gasteiger partial charge in [0.2, 0.25) is 0 Å². The lowest BCUT2D eigenvalue weighted by Gasteiger charge is -2.18. The van der Waals surface area contributed by atoms with Crippen LogP contribution < -0.4 is 10.1 Å². The monoisotopic (exact) mass is 302 g/mol. The summed E-state index contributed by atoms with van der Waals surface area (Å²) in [5.41, 5.74) is 0. The molecule has 0 spiro atoms. The molecule has 1 aromatic heterocycles. The molecule has 1 aromatic carbocycles. The second kappa shape index (κ2) is 5.35. The van der Waals surface area contributed by atoms with Crippen molar-refractivity contribution in [3.8, 4) is 5.75 Å². The lowest BCUT2D eigenvalue weighted by Crippen LogP contribution is -2.30. The SMILES string of the molecule is CC(Oc1ccccc1F)c1nnc2n1CC1CCC(C2)N1. The van der Waals surface area contributed by atoms with Crippen LogP contribution in [-0.4, -0.2) is 26.8 Å². The Balaban J connectivity index is 1.60. The Bertz CT molecular complexity index is 687. The van der Waals surface area contributed by atoms with E-state index in [2.05, 4.69) is 20.1 Å². The number of nitrogens with one attached hydrogen (secondary N) is 1. The van der Waals surface area contributed by atoms with Crippen molar-refractivity contribution in [1.29, 1.82) is 0 Å². The molecule has 2 aliphatic rings. The predicted octanol–water partition coefficient (Wildman–Crippen LogP) is 2.23. The third-order valence-corrected chi connectivity index (χ3v) is 4.53. The van der Waals surface area contributed by atoms with Gasteiger partial charge in [0, 0.05) is 25.0 Å². The Morgan fingerprint density at radius 1 is 1.27 bits per heavy atom. The fourth-order valence-electron chi connectivity index (χ4n) is 3.43. The molecule has 4 rings (SSSR count). The smallest absolute Gasteiger partial charge is 0.174 e. The van der Waals surface area contributed by atoms with Crippen molar-refractivity contribution in [1.82, 2.24) is 20.1 Å². The van der Waals surface area contributed by atoms with Gasteiger partial charge in [-0.05, 0) is 31.9 Å². The van der Waals surface area contributed by atoms with Gasteiger partial charge in [-0.3, -0.25) is 0 Å². The summed E-state index contributed by atoms with van der Waals surface area (Å²) in [6.45, 7) is 2.75. The molecule has 1 saturated heterocycles. The largest absolute Gasteiger partial charge is 0.480 e. The molecule has 0 amide bonds. The van der Waals surface area contributed by atoms with Crippen LogP contribution in [0, 0.1) is 5.82 Å². The molecule has 0 saturated carbocycles. The number of ether oxygens (including phenoxy) is 1. The van der Waals surface area contributed by atoms with Crippen molar-refractivity contribution in [2.45, 2.75) is 50.9 Å². The van der Waals surface area contributed by atoms with E-state index in [4.69, 9.17) is 4.74 Å². The minimum Gasteiger partial charge on any atom is -0.480 e. The zero-order valence-corrected chi connectivity index (χ0v) is 12.5. The molecule has 5 nitrogen and oxygen atoms in total. The molecule has 2 aromatic rings. The van der Waals surface area contributed by atoms with Crippen molar-refractivity contribution in [3.63, 3.8) is 0 Å². The van der Waals surface area contributed by atoms with Crippen molar-refractivity contribution in [2.24, 2.45) is 0 Å². The molecule has 3 unspecified atom stereocenters. The van der Waals surface area contributed by atoms with Gasteiger partial charge in [0.25, 0.3) is 0 Å². The zero-order valence-electron chi connectivity index (χ0n) is 12.5. The summed E-state index contributed by atoms with van der Waals surface area (Å²) in [5.74, 6) is 1.66. The van der Waals surface area contributed by atoms with E-state index in [0.717, 1.165) is 24.6 Å². The van der Waals surface area contributed by atoms with Crippen LogP contribution in [0.25, 0.3) is 0 Å². The molecule has 3 heterocycles. The first kappa shape index (κ1) is 13.7. The Morgan fingerprint density at radius 2 is 2.09 bits per heavy atom. The van der Waals surface area contributed by atoms with Crippen LogP contribution in [0.5, 0.6) is 5.75 Å². The molecule has 2 bridgehead atoms. The van der Waals surface area contributed by atoms with Gasteiger partial charge in [-0.2, -0.15) is 0 Å². The number of nitrogens with zero attached hydrogens (tertiary/aromatic N) is 3. The van der Waals surface area contributed by atoms with Crippen molar-refractivity contribution >= 4 is 0 Å². The summed E-state index contributed by atoms with van der Waals surface area (Å²) >= 11 is 0. The van der Waals surface area contributed by atoms with Crippen molar-refractivity contribution in [2.75, 3.05) is 0 Å². The molecule has 22 heavy (non-hydrogen) atoms. The summed E-state index contributed by atoms with van der Waals surface area (Å²) in [7, 11) is 0. The lowest BCUT2D eigenvalue weighted by molar-refractivity contribution is 0.200.